The highest BCUT2D eigenvalue weighted by molar-refractivity contribution is 5.24. The maximum atomic E-state index is 2.62. The minimum Gasteiger partial charge on any atom is -0.302 e. The normalized spacial score (nSPS) is 12.9. The van der Waals surface area contributed by atoms with Gasteiger partial charge < -0.3 is 9.80 Å². The van der Waals surface area contributed by atoms with E-state index >= 15 is 0 Å². The number of nitrogens with zero attached hydrogens (tertiary/aromatic N) is 2. The van der Waals surface area contributed by atoms with Crippen molar-refractivity contribution in [3.63, 3.8) is 0 Å². The van der Waals surface area contributed by atoms with Crippen molar-refractivity contribution >= 4 is 0 Å². The Morgan fingerprint density at radius 1 is 0.413 bits per heavy atom. The first kappa shape index (κ1) is 43.2. The summed E-state index contributed by atoms with van der Waals surface area (Å²) in [6.07, 6.45) is 42.6. The SMILES string of the molecule is CCCCCCCCCCCCCCCCC(CCCCCCCCCCCCCCCC)(C(c1ccccc1)N(C)C)N(C)C. The fraction of sp³-hybridized carbons (Fsp3) is 0.864. The third-order valence-electron chi connectivity index (χ3n) is 11.0. The predicted molar refractivity (Wildman–Crippen MR) is 209 cm³/mol. The second-order valence-electron chi connectivity index (χ2n) is 15.5. The number of hydrogen-bond donors (Lipinski definition) is 0. The highest BCUT2D eigenvalue weighted by Gasteiger charge is 2.42. The minimum absolute atomic E-state index is 0.180. The second kappa shape index (κ2) is 30.2. The number of likely N-dealkylation sites (N-methyl/N-ethyl adjacent to an activating group) is 2. The van der Waals surface area contributed by atoms with E-state index in [1.807, 2.05) is 0 Å². The van der Waals surface area contributed by atoms with E-state index < -0.39 is 0 Å². The maximum Gasteiger partial charge on any atom is 0.0527 e. The van der Waals surface area contributed by atoms with Gasteiger partial charge >= 0.3 is 0 Å². The molecule has 1 unspecified atom stereocenters. The maximum absolute atomic E-state index is 2.62. The molecule has 0 aliphatic carbocycles. The van der Waals surface area contributed by atoms with Gasteiger partial charge in [0.15, 0.2) is 0 Å². The van der Waals surface area contributed by atoms with Crippen molar-refractivity contribution in [3.8, 4) is 0 Å². The lowest BCUT2D eigenvalue weighted by molar-refractivity contribution is 0.0262. The monoisotopic (exact) mass is 641 g/mol. The molecule has 2 heteroatoms. The van der Waals surface area contributed by atoms with Gasteiger partial charge in [0.05, 0.1) is 6.04 Å². The molecule has 0 fully saturated rings. The highest BCUT2D eigenvalue weighted by Crippen LogP contribution is 2.42. The molecule has 0 aromatic heterocycles. The molecule has 0 spiro atoms. The Morgan fingerprint density at radius 3 is 0.957 bits per heavy atom. The summed E-state index contributed by atoms with van der Waals surface area (Å²) >= 11 is 0. The van der Waals surface area contributed by atoms with Gasteiger partial charge in [-0.25, -0.2) is 0 Å². The van der Waals surface area contributed by atoms with Crippen molar-refractivity contribution in [2.75, 3.05) is 28.2 Å². The molecule has 0 radical (unpaired) electrons. The quantitative estimate of drug-likeness (QED) is 0.0692. The summed E-state index contributed by atoms with van der Waals surface area (Å²) in [4.78, 5) is 5.14. The van der Waals surface area contributed by atoms with Gasteiger partial charge in [-0.05, 0) is 46.6 Å². The van der Waals surface area contributed by atoms with Crippen LogP contribution in [0.1, 0.15) is 218 Å². The molecule has 0 N–H and O–H groups in total. The second-order valence-corrected chi connectivity index (χ2v) is 15.5. The summed E-state index contributed by atoms with van der Waals surface area (Å²) < 4.78 is 0. The van der Waals surface area contributed by atoms with Gasteiger partial charge in [-0.2, -0.15) is 0 Å². The Balaban J connectivity index is 2.47. The average Bonchev–Trinajstić information content (AvgIpc) is 3.05. The zero-order valence-corrected chi connectivity index (χ0v) is 32.6. The molecule has 270 valence electrons. The van der Waals surface area contributed by atoms with Gasteiger partial charge in [0.2, 0.25) is 0 Å². The number of rotatable bonds is 34. The first-order chi connectivity index (χ1) is 22.5. The van der Waals surface area contributed by atoms with Crippen LogP contribution >= 0.6 is 0 Å². The van der Waals surface area contributed by atoms with Crippen LogP contribution in [-0.2, 0) is 0 Å². The Labute approximate surface area is 291 Å². The van der Waals surface area contributed by atoms with Crippen LogP contribution in [0, 0.1) is 0 Å². The number of unbranched alkanes of at least 4 members (excludes halogenated alkanes) is 26. The molecule has 1 aromatic carbocycles. The summed E-state index contributed by atoms with van der Waals surface area (Å²) in [6, 6.07) is 11.8. The molecule has 0 amide bonds. The molecule has 0 aliphatic heterocycles. The zero-order valence-electron chi connectivity index (χ0n) is 32.6. The summed E-state index contributed by atoms with van der Waals surface area (Å²) in [5.41, 5.74) is 1.66. The van der Waals surface area contributed by atoms with E-state index in [-0.39, 0.29) is 5.54 Å². The van der Waals surface area contributed by atoms with E-state index in [2.05, 4.69) is 82.2 Å². The fourth-order valence-corrected chi connectivity index (χ4v) is 8.07. The molecule has 1 atom stereocenters. The van der Waals surface area contributed by atoms with E-state index in [1.165, 1.54) is 198 Å². The summed E-state index contributed by atoms with van der Waals surface area (Å²) in [6.45, 7) is 4.62. The van der Waals surface area contributed by atoms with E-state index in [0.717, 1.165) is 0 Å². The van der Waals surface area contributed by atoms with Crippen LogP contribution in [0.3, 0.4) is 0 Å². The summed E-state index contributed by atoms with van der Waals surface area (Å²) in [5, 5.41) is 0. The van der Waals surface area contributed by atoms with Crippen LogP contribution in [0.4, 0.5) is 0 Å². The molecular formula is C44H84N2. The molecule has 0 aliphatic rings. The standard InChI is InChI=1S/C44H84N2/c1-7-9-11-13-15-17-19-21-23-25-27-29-31-36-40-44(46(5)6,43(45(3)4)42-38-34-33-35-39-42)41-37-32-30-28-26-24-22-20-18-16-14-12-10-8-2/h33-35,38-39,43H,7-32,36-37,40-41H2,1-6H3. The molecule has 0 saturated heterocycles. The summed E-state index contributed by atoms with van der Waals surface area (Å²) in [7, 11) is 9.36. The Kier molecular flexibility index (Phi) is 28.4. The summed E-state index contributed by atoms with van der Waals surface area (Å²) in [5.74, 6) is 0. The van der Waals surface area contributed by atoms with Gasteiger partial charge in [0, 0.05) is 5.54 Å². The van der Waals surface area contributed by atoms with Crippen LogP contribution in [-0.4, -0.2) is 43.5 Å². The van der Waals surface area contributed by atoms with E-state index in [0.29, 0.717) is 6.04 Å². The number of hydrogen-bond acceptors (Lipinski definition) is 2. The van der Waals surface area contributed by atoms with Crippen molar-refractivity contribution in [2.24, 2.45) is 0 Å². The number of benzene rings is 1. The smallest absolute Gasteiger partial charge is 0.0527 e. The van der Waals surface area contributed by atoms with E-state index in [9.17, 15) is 0 Å². The Morgan fingerprint density at radius 2 is 0.696 bits per heavy atom. The Hall–Kier alpha value is -0.860. The van der Waals surface area contributed by atoms with Gasteiger partial charge in [-0.1, -0.05) is 224 Å². The average molecular weight is 641 g/mol. The lowest BCUT2D eigenvalue weighted by Gasteiger charge is -2.49. The highest BCUT2D eigenvalue weighted by atomic mass is 15.2. The van der Waals surface area contributed by atoms with Crippen molar-refractivity contribution in [3.05, 3.63) is 35.9 Å². The molecule has 1 rings (SSSR count). The van der Waals surface area contributed by atoms with E-state index in [1.54, 1.807) is 0 Å². The third kappa shape index (κ3) is 20.5. The molecule has 0 saturated carbocycles. The van der Waals surface area contributed by atoms with Crippen molar-refractivity contribution in [1.82, 2.24) is 9.80 Å². The molecule has 46 heavy (non-hydrogen) atoms. The van der Waals surface area contributed by atoms with Gasteiger partial charge in [-0.3, -0.25) is 0 Å². The van der Waals surface area contributed by atoms with Crippen LogP contribution in [0.15, 0.2) is 30.3 Å². The third-order valence-corrected chi connectivity index (χ3v) is 11.0. The zero-order chi connectivity index (χ0) is 33.6. The first-order valence-corrected chi connectivity index (χ1v) is 20.9. The molecule has 0 heterocycles. The minimum atomic E-state index is 0.180. The van der Waals surface area contributed by atoms with Gasteiger partial charge in [0.25, 0.3) is 0 Å². The first-order valence-electron chi connectivity index (χ1n) is 20.9. The molecule has 2 nitrogen and oxygen atoms in total. The Bertz CT molecular complexity index is 710. The van der Waals surface area contributed by atoms with Crippen LogP contribution in [0.2, 0.25) is 0 Å². The van der Waals surface area contributed by atoms with Gasteiger partial charge in [-0.15, -0.1) is 0 Å². The predicted octanol–water partition coefficient (Wildman–Crippen LogP) is 14.3. The fourth-order valence-electron chi connectivity index (χ4n) is 8.07. The molecule has 0 bridgehead atoms. The lowest BCUT2D eigenvalue weighted by Crippen LogP contribution is -2.53. The molecule has 1 aromatic rings. The van der Waals surface area contributed by atoms with Crippen LogP contribution in [0.5, 0.6) is 0 Å². The molecular weight excluding hydrogens is 556 g/mol. The largest absolute Gasteiger partial charge is 0.302 e. The van der Waals surface area contributed by atoms with E-state index in [4.69, 9.17) is 0 Å². The topological polar surface area (TPSA) is 6.48 Å². The van der Waals surface area contributed by atoms with Crippen molar-refractivity contribution in [2.45, 2.75) is 218 Å². The van der Waals surface area contributed by atoms with Crippen molar-refractivity contribution in [1.29, 1.82) is 0 Å². The van der Waals surface area contributed by atoms with Gasteiger partial charge in [0.1, 0.15) is 0 Å². The van der Waals surface area contributed by atoms with Crippen molar-refractivity contribution < 1.29 is 0 Å². The lowest BCUT2D eigenvalue weighted by atomic mass is 9.75. The van der Waals surface area contributed by atoms with Crippen LogP contribution in [0.25, 0.3) is 0 Å². The van der Waals surface area contributed by atoms with Crippen LogP contribution < -0.4 is 0 Å².